The highest BCUT2D eigenvalue weighted by Crippen LogP contribution is 2.44. The van der Waals surface area contributed by atoms with Crippen LogP contribution in [0.2, 0.25) is 0 Å². The zero-order chi connectivity index (χ0) is 13.4. The molecule has 2 aliphatic rings. The molecule has 1 aliphatic heterocycles. The Morgan fingerprint density at radius 2 is 1.95 bits per heavy atom. The predicted octanol–water partition coefficient (Wildman–Crippen LogP) is 3.65. The summed E-state index contributed by atoms with van der Waals surface area (Å²) in [6.07, 6.45) is 4.26. The molecule has 0 amide bonds. The summed E-state index contributed by atoms with van der Waals surface area (Å²) in [6.45, 7) is 4.69. The molecule has 106 valence electrons. The third-order valence-corrected chi connectivity index (χ3v) is 5.95. The lowest BCUT2D eigenvalue weighted by atomic mass is 9.76. The topological polar surface area (TPSA) is 15.3 Å². The Labute approximate surface area is 124 Å². The number of piperazine rings is 1. The molecule has 1 N–H and O–H groups in total. The van der Waals surface area contributed by atoms with Crippen LogP contribution < -0.4 is 5.32 Å². The number of fused-ring (bicyclic) bond motifs is 1. The van der Waals surface area contributed by atoms with Gasteiger partial charge in [0.15, 0.2) is 0 Å². The lowest BCUT2D eigenvalue weighted by molar-refractivity contribution is 0.0849. The van der Waals surface area contributed by atoms with E-state index in [0.717, 1.165) is 19.0 Å². The molecule has 0 spiro atoms. The fraction of sp³-hybridized carbons (Fsp3) is 0.529. The van der Waals surface area contributed by atoms with Crippen molar-refractivity contribution >= 4 is 21.4 Å². The number of rotatable bonds is 3. The van der Waals surface area contributed by atoms with Crippen LogP contribution in [0.4, 0.5) is 0 Å². The first-order valence-corrected chi connectivity index (χ1v) is 8.72. The van der Waals surface area contributed by atoms with Crippen LogP contribution in [0.1, 0.15) is 30.9 Å². The molecule has 1 aromatic carbocycles. The van der Waals surface area contributed by atoms with E-state index in [1.54, 1.807) is 5.56 Å². The summed E-state index contributed by atoms with van der Waals surface area (Å²) in [5.74, 6) is 0.881. The lowest BCUT2D eigenvalue weighted by Crippen LogP contribution is -2.47. The van der Waals surface area contributed by atoms with Gasteiger partial charge >= 0.3 is 0 Å². The molecule has 1 aromatic heterocycles. The highest BCUT2D eigenvalue weighted by atomic mass is 32.1. The molecule has 0 radical (unpaired) electrons. The van der Waals surface area contributed by atoms with Gasteiger partial charge in [-0.25, -0.2) is 0 Å². The minimum Gasteiger partial charge on any atom is -0.314 e. The van der Waals surface area contributed by atoms with Gasteiger partial charge in [-0.3, -0.25) is 4.90 Å². The molecule has 2 nitrogen and oxygen atoms in total. The normalized spacial score (nSPS) is 22.8. The smallest absolute Gasteiger partial charge is 0.0391 e. The lowest BCUT2D eigenvalue weighted by Gasteiger charge is -2.43. The molecule has 4 rings (SSSR count). The molecule has 1 atom stereocenters. The highest BCUT2D eigenvalue weighted by molar-refractivity contribution is 7.17. The molecule has 2 fully saturated rings. The third-order valence-electron chi connectivity index (χ3n) is 4.97. The first-order chi connectivity index (χ1) is 9.93. The Bertz CT molecular complexity index is 581. The van der Waals surface area contributed by atoms with E-state index >= 15 is 0 Å². The quantitative estimate of drug-likeness (QED) is 0.926. The fourth-order valence-electron chi connectivity index (χ4n) is 3.69. The molecule has 0 bridgehead atoms. The Morgan fingerprint density at radius 1 is 1.15 bits per heavy atom. The van der Waals surface area contributed by atoms with Crippen LogP contribution in [0.3, 0.4) is 0 Å². The summed E-state index contributed by atoms with van der Waals surface area (Å²) in [5.41, 5.74) is 1.59. The first-order valence-electron chi connectivity index (χ1n) is 7.84. The minimum atomic E-state index is 0.655. The molecular weight excluding hydrogens is 264 g/mol. The minimum absolute atomic E-state index is 0.655. The van der Waals surface area contributed by atoms with E-state index < -0.39 is 0 Å². The van der Waals surface area contributed by atoms with Crippen molar-refractivity contribution in [3.63, 3.8) is 0 Å². The number of nitrogens with zero attached hydrogens (tertiary/aromatic N) is 1. The molecule has 3 heteroatoms. The number of benzene rings is 1. The summed E-state index contributed by atoms with van der Waals surface area (Å²) in [4.78, 5) is 2.73. The fourth-order valence-corrected chi connectivity index (χ4v) is 4.68. The second kappa shape index (κ2) is 5.47. The summed E-state index contributed by atoms with van der Waals surface area (Å²) >= 11 is 1.92. The monoisotopic (exact) mass is 286 g/mol. The van der Waals surface area contributed by atoms with Crippen molar-refractivity contribution in [1.29, 1.82) is 0 Å². The predicted molar refractivity (Wildman–Crippen MR) is 86.3 cm³/mol. The maximum absolute atomic E-state index is 3.49. The summed E-state index contributed by atoms with van der Waals surface area (Å²) in [6, 6.07) is 9.58. The van der Waals surface area contributed by atoms with Crippen LogP contribution in [0.5, 0.6) is 0 Å². The van der Waals surface area contributed by atoms with Gasteiger partial charge in [-0.2, -0.15) is 0 Å². The van der Waals surface area contributed by atoms with Crippen molar-refractivity contribution in [3.8, 4) is 0 Å². The van der Waals surface area contributed by atoms with Crippen LogP contribution in [0, 0.1) is 5.92 Å². The van der Waals surface area contributed by atoms with Gasteiger partial charge in [-0.1, -0.05) is 24.6 Å². The van der Waals surface area contributed by atoms with Gasteiger partial charge in [0, 0.05) is 36.9 Å². The summed E-state index contributed by atoms with van der Waals surface area (Å²) in [7, 11) is 0. The van der Waals surface area contributed by atoms with Crippen molar-refractivity contribution < 1.29 is 0 Å². The van der Waals surface area contributed by atoms with Gasteiger partial charge in [-0.15, -0.1) is 11.3 Å². The zero-order valence-corrected chi connectivity index (χ0v) is 12.7. The highest BCUT2D eigenvalue weighted by Gasteiger charge is 2.34. The van der Waals surface area contributed by atoms with Crippen LogP contribution in [-0.4, -0.2) is 31.1 Å². The Kier molecular flexibility index (Phi) is 3.51. The van der Waals surface area contributed by atoms with E-state index in [4.69, 9.17) is 0 Å². The van der Waals surface area contributed by atoms with Crippen LogP contribution in [-0.2, 0) is 0 Å². The Balaban J connectivity index is 1.73. The average molecular weight is 286 g/mol. The maximum atomic E-state index is 3.49. The first kappa shape index (κ1) is 12.8. The summed E-state index contributed by atoms with van der Waals surface area (Å²) in [5, 5.41) is 7.41. The Morgan fingerprint density at radius 3 is 2.70 bits per heavy atom. The van der Waals surface area contributed by atoms with Gasteiger partial charge in [0.05, 0.1) is 0 Å². The van der Waals surface area contributed by atoms with Crippen molar-refractivity contribution in [2.24, 2.45) is 5.92 Å². The number of hydrogen-bond donors (Lipinski definition) is 1. The largest absolute Gasteiger partial charge is 0.314 e. The van der Waals surface area contributed by atoms with Crippen LogP contribution >= 0.6 is 11.3 Å². The second-order valence-corrected chi connectivity index (χ2v) is 7.02. The molecule has 1 saturated heterocycles. The number of thiophene rings is 1. The number of hydrogen-bond acceptors (Lipinski definition) is 3. The van der Waals surface area contributed by atoms with Crippen LogP contribution in [0.25, 0.3) is 10.1 Å². The van der Waals surface area contributed by atoms with E-state index in [0.29, 0.717) is 6.04 Å². The molecule has 0 unspecified atom stereocenters. The maximum Gasteiger partial charge on any atom is 0.0391 e. The molecule has 20 heavy (non-hydrogen) atoms. The van der Waals surface area contributed by atoms with E-state index in [1.165, 1.54) is 42.4 Å². The molecule has 2 heterocycles. The van der Waals surface area contributed by atoms with E-state index in [1.807, 2.05) is 11.3 Å². The standard InChI is InChI=1S/C17H22N2S/c1-2-7-16-14(6-1)15(12-20-16)17(13-4-3-5-13)19-10-8-18-9-11-19/h1-2,6-7,12-13,17-18H,3-5,8-11H2/t17-/m0/s1. The van der Waals surface area contributed by atoms with Crippen LogP contribution in [0.15, 0.2) is 29.6 Å². The van der Waals surface area contributed by atoms with Gasteiger partial charge in [0.25, 0.3) is 0 Å². The average Bonchev–Trinajstić information content (AvgIpc) is 2.87. The van der Waals surface area contributed by atoms with Crippen molar-refractivity contribution in [3.05, 3.63) is 35.2 Å². The third kappa shape index (κ3) is 2.18. The van der Waals surface area contributed by atoms with Gasteiger partial charge in [-0.05, 0) is 41.2 Å². The Hall–Kier alpha value is -0.900. The molecular formula is C17H22N2S. The molecule has 1 saturated carbocycles. The van der Waals surface area contributed by atoms with Crippen molar-refractivity contribution in [1.82, 2.24) is 10.2 Å². The molecule has 1 aliphatic carbocycles. The van der Waals surface area contributed by atoms with E-state index in [-0.39, 0.29) is 0 Å². The number of nitrogens with one attached hydrogen (secondary N) is 1. The van der Waals surface area contributed by atoms with Crippen molar-refractivity contribution in [2.45, 2.75) is 25.3 Å². The van der Waals surface area contributed by atoms with Gasteiger partial charge < -0.3 is 5.32 Å². The van der Waals surface area contributed by atoms with E-state index in [2.05, 4.69) is 39.9 Å². The van der Waals surface area contributed by atoms with E-state index in [9.17, 15) is 0 Å². The SMILES string of the molecule is c1ccc2c([C@H](C3CCC3)N3CCNCC3)csc2c1. The van der Waals surface area contributed by atoms with Gasteiger partial charge in [0.1, 0.15) is 0 Å². The summed E-state index contributed by atoms with van der Waals surface area (Å²) < 4.78 is 1.45. The molecule has 2 aromatic rings. The zero-order valence-electron chi connectivity index (χ0n) is 11.8. The second-order valence-electron chi connectivity index (χ2n) is 6.11. The van der Waals surface area contributed by atoms with Crippen molar-refractivity contribution in [2.75, 3.05) is 26.2 Å². The van der Waals surface area contributed by atoms with Gasteiger partial charge in [0.2, 0.25) is 0 Å².